The van der Waals surface area contributed by atoms with Crippen LogP contribution in [0.3, 0.4) is 0 Å². The molecule has 2 atom stereocenters. The van der Waals surface area contributed by atoms with Crippen molar-refractivity contribution in [3.8, 4) is 0 Å². The molecule has 0 saturated heterocycles. The fourth-order valence-corrected chi connectivity index (χ4v) is 2.85. The highest BCUT2D eigenvalue weighted by Gasteiger charge is 2.38. The van der Waals surface area contributed by atoms with E-state index in [0.29, 0.717) is 0 Å². The van der Waals surface area contributed by atoms with Gasteiger partial charge in [-0.2, -0.15) is 0 Å². The molecule has 1 aliphatic carbocycles. The third-order valence-electron chi connectivity index (χ3n) is 4.08. The molecule has 1 fully saturated rings. The van der Waals surface area contributed by atoms with E-state index in [1.165, 1.54) is 37.7 Å². The Balaban J connectivity index is 1.71. The van der Waals surface area contributed by atoms with Crippen LogP contribution in [0.1, 0.15) is 51.5 Å². The lowest BCUT2D eigenvalue weighted by Crippen LogP contribution is -2.00. The van der Waals surface area contributed by atoms with Gasteiger partial charge in [-0.1, -0.05) is 68.7 Å². The smallest absolute Gasteiger partial charge is 0.0717 e. The normalized spacial score (nSPS) is 22.0. The van der Waals surface area contributed by atoms with Gasteiger partial charge in [0.05, 0.1) is 13.2 Å². The lowest BCUT2D eigenvalue weighted by atomic mass is 10.0. The van der Waals surface area contributed by atoms with Crippen molar-refractivity contribution in [2.24, 2.45) is 11.8 Å². The molecular weight excluding hydrogens is 244 g/mol. The van der Waals surface area contributed by atoms with E-state index in [1.807, 2.05) is 0 Å². The first-order valence-corrected chi connectivity index (χ1v) is 8.15. The van der Waals surface area contributed by atoms with E-state index in [9.17, 15) is 0 Å². The molecule has 0 heterocycles. The Morgan fingerprint density at radius 3 is 2.70 bits per heavy atom. The predicted molar refractivity (Wildman–Crippen MR) is 85.6 cm³/mol. The van der Waals surface area contributed by atoms with Crippen molar-refractivity contribution in [2.75, 3.05) is 6.61 Å². The highest BCUT2D eigenvalue weighted by atomic mass is 16.5. The first-order valence-electron chi connectivity index (χ1n) is 8.15. The molecule has 1 aromatic carbocycles. The van der Waals surface area contributed by atoms with Gasteiger partial charge in [0.2, 0.25) is 0 Å². The summed E-state index contributed by atoms with van der Waals surface area (Å²) in [6.07, 6.45) is 8.87. The van der Waals surface area contributed by atoms with E-state index in [2.05, 4.69) is 50.3 Å². The van der Waals surface area contributed by atoms with Gasteiger partial charge in [-0.05, 0) is 36.7 Å². The van der Waals surface area contributed by atoms with Crippen LogP contribution in [0.2, 0.25) is 0 Å². The minimum atomic E-state index is 0.756. The summed E-state index contributed by atoms with van der Waals surface area (Å²) in [5.74, 6) is 1.59. The monoisotopic (exact) mass is 272 g/mol. The fraction of sp³-hybridized carbons (Fsp3) is 0.579. The number of rotatable bonds is 9. The van der Waals surface area contributed by atoms with Gasteiger partial charge in [0.1, 0.15) is 0 Å². The number of hydrogen-bond acceptors (Lipinski definition) is 1. The third-order valence-corrected chi connectivity index (χ3v) is 4.08. The average Bonchev–Trinajstić information content (AvgIpc) is 3.24. The van der Waals surface area contributed by atoms with Crippen molar-refractivity contribution < 1.29 is 4.74 Å². The maximum atomic E-state index is 5.88. The van der Waals surface area contributed by atoms with E-state index in [0.717, 1.165) is 25.0 Å². The molecule has 1 nitrogen and oxygen atoms in total. The van der Waals surface area contributed by atoms with Crippen LogP contribution in [-0.4, -0.2) is 6.61 Å². The maximum Gasteiger partial charge on any atom is 0.0717 e. The summed E-state index contributed by atoms with van der Waals surface area (Å²) < 4.78 is 5.88. The number of ether oxygens (including phenoxy) is 1. The molecular formula is C19H28O. The van der Waals surface area contributed by atoms with Crippen LogP contribution in [-0.2, 0) is 11.3 Å². The van der Waals surface area contributed by atoms with Gasteiger partial charge in [0, 0.05) is 0 Å². The van der Waals surface area contributed by atoms with E-state index in [4.69, 9.17) is 4.74 Å². The molecule has 0 aliphatic heterocycles. The summed E-state index contributed by atoms with van der Waals surface area (Å²) in [6.45, 7) is 6.22. The summed E-state index contributed by atoms with van der Waals surface area (Å²) in [5.41, 5.74) is 2.97. The summed E-state index contributed by atoms with van der Waals surface area (Å²) >= 11 is 0. The molecule has 0 N–H and O–H groups in total. The summed E-state index contributed by atoms with van der Waals surface area (Å²) in [5, 5.41) is 0. The molecule has 0 aromatic heterocycles. The number of hydrogen-bond donors (Lipinski definition) is 0. The Bertz CT molecular complexity index is 407. The second-order valence-corrected chi connectivity index (χ2v) is 5.92. The largest absolute Gasteiger partial charge is 0.376 e. The highest BCUT2D eigenvalue weighted by Crippen LogP contribution is 2.46. The van der Waals surface area contributed by atoms with Gasteiger partial charge in [-0.25, -0.2) is 0 Å². The van der Waals surface area contributed by atoms with Crippen molar-refractivity contribution in [1.29, 1.82) is 0 Å². The molecule has 0 amide bonds. The Labute approximate surface area is 124 Å². The first kappa shape index (κ1) is 15.3. The van der Waals surface area contributed by atoms with Crippen molar-refractivity contribution in [3.05, 3.63) is 47.5 Å². The van der Waals surface area contributed by atoms with Crippen LogP contribution in [0.4, 0.5) is 0 Å². The van der Waals surface area contributed by atoms with E-state index in [1.54, 1.807) is 5.57 Å². The van der Waals surface area contributed by atoms with Gasteiger partial charge in [0.15, 0.2) is 0 Å². The predicted octanol–water partition coefficient (Wildman–Crippen LogP) is 5.37. The van der Waals surface area contributed by atoms with E-state index < -0.39 is 0 Å². The van der Waals surface area contributed by atoms with Crippen LogP contribution < -0.4 is 0 Å². The lowest BCUT2D eigenvalue weighted by molar-refractivity contribution is 0.109. The number of benzene rings is 1. The summed E-state index contributed by atoms with van der Waals surface area (Å²) in [6, 6.07) is 10.5. The van der Waals surface area contributed by atoms with E-state index >= 15 is 0 Å². The number of allylic oxidation sites excluding steroid dienone is 2. The van der Waals surface area contributed by atoms with Crippen molar-refractivity contribution in [3.63, 3.8) is 0 Å². The Morgan fingerprint density at radius 1 is 1.20 bits per heavy atom. The Morgan fingerprint density at radius 2 is 2.00 bits per heavy atom. The SMILES string of the molecule is CCC/C=C(\CCC)[C@H]1C[C@@H]1COCc1ccccc1. The average molecular weight is 272 g/mol. The highest BCUT2D eigenvalue weighted by molar-refractivity contribution is 5.16. The van der Waals surface area contributed by atoms with Crippen LogP contribution in [0.25, 0.3) is 0 Å². The molecule has 1 heteroatoms. The summed E-state index contributed by atoms with van der Waals surface area (Å²) in [7, 11) is 0. The zero-order valence-corrected chi connectivity index (χ0v) is 13.0. The zero-order chi connectivity index (χ0) is 14.2. The van der Waals surface area contributed by atoms with Gasteiger partial charge in [-0.3, -0.25) is 0 Å². The molecule has 1 aromatic rings. The van der Waals surface area contributed by atoms with Gasteiger partial charge < -0.3 is 4.74 Å². The minimum Gasteiger partial charge on any atom is -0.376 e. The fourth-order valence-electron chi connectivity index (χ4n) is 2.85. The zero-order valence-electron chi connectivity index (χ0n) is 13.0. The quantitative estimate of drug-likeness (QED) is 0.549. The van der Waals surface area contributed by atoms with Gasteiger partial charge in [0.25, 0.3) is 0 Å². The molecule has 0 radical (unpaired) electrons. The van der Waals surface area contributed by atoms with Crippen molar-refractivity contribution >= 4 is 0 Å². The van der Waals surface area contributed by atoms with Crippen LogP contribution in [0, 0.1) is 11.8 Å². The van der Waals surface area contributed by atoms with Crippen molar-refractivity contribution in [2.45, 2.75) is 52.6 Å². The topological polar surface area (TPSA) is 9.23 Å². The Kier molecular flexibility index (Phi) is 6.32. The van der Waals surface area contributed by atoms with Crippen LogP contribution in [0.15, 0.2) is 42.0 Å². The van der Waals surface area contributed by atoms with Crippen LogP contribution >= 0.6 is 0 Å². The van der Waals surface area contributed by atoms with Crippen molar-refractivity contribution in [1.82, 2.24) is 0 Å². The molecule has 2 rings (SSSR count). The van der Waals surface area contributed by atoms with Gasteiger partial charge >= 0.3 is 0 Å². The number of unbranched alkanes of at least 4 members (excludes halogenated alkanes) is 1. The molecule has 0 bridgehead atoms. The minimum absolute atomic E-state index is 0.756. The second-order valence-electron chi connectivity index (χ2n) is 5.92. The summed E-state index contributed by atoms with van der Waals surface area (Å²) in [4.78, 5) is 0. The molecule has 110 valence electrons. The Hall–Kier alpha value is -1.08. The molecule has 1 aliphatic rings. The third kappa shape index (κ3) is 4.79. The second kappa shape index (κ2) is 8.26. The molecule has 0 spiro atoms. The standard InChI is InChI=1S/C19H28O/c1-3-5-12-17(9-4-2)19-13-18(19)15-20-14-16-10-7-6-8-11-16/h6-8,10-12,18-19H,3-5,9,13-15H2,1-2H3/b17-12+/t18-,19-/m1/s1. The van der Waals surface area contributed by atoms with Crippen LogP contribution in [0.5, 0.6) is 0 Å². The van der Waals surface area contributed by atoms with E-state index in [-0.39, 0.29) is 0 Å². The molecule has 20 heavy (non-hydrogen) atoms. The first-order chi connectivity index (χ1) is 9.85. The van der Waals surface area contributed by atoms with Gasteiger partial charge in [-0.15, -0.1) is 0 Å². The molecule has 1 saturated carbocycles. The molecule has 0 unspecified atom stereocenters. The lowest BCUT2D eigenvalue weighted by Gasteiger charge is -2.07. The maximum absolute atomic E-state index is 5.88.